The summed E-state index contributed by atoms with van der Waals surface area (Å²) in [5.41, 5.74) is 10.1. The lowest BCUT2D eigenvalue weighted by Crippen LogP contribution is -1.96. The van der Waals surface area contributed by atoms with Gasteiger partial charge in [0.2, 0.25) is 0 Å². The molecule has 0 saturated heterocycles. The topological polar surface area (TPSA) is 80.2 Å². The van der Waals surface area contributed by atoms with Crippen LogP contribution in [-0.2, 0) is 0 Å². The maximum Gasteiger partial charge on any atom is 0.143 e. The SMILES string of the molecule is Brc1nc(-c2nc3c(-c4ccc5ccccc5n4)c(-c4cccc5nc[nH]c45)c(-c4ccccn4)cc3s2)cc2ccccc12. The van der Waals surface area contributed by atoms with Crippen molar-refractivity contribution >= 4 is 70.2 Å². The van der Waals surface area contributed by atoms with Gasteiger partial charge in [0, 0.05) is 39.2 Å². The van der Waals surface area contributed by atoms with Gasteiger partial charge in [-0.15, -0.1) is 11.3 Å². The van der Waals surface area contributed by atoms with Crippen LogP contribution in [0.4, 0.5) is 0 Å². The number of thiazole rings is 1. The highest BCUT2D eigenvalue weighted by atomic mass is 79.9. The average molecular weight is 662 g/mol. The number of aromatic amines is 1. The predicted molar refractivity (Wildman–Crippen MR) is 187 cm³/mol. The van der Waals surface area contributed by atoms with Gasteiger partial charge in [-0.3, -0.25) is 4.98 Å². The molecule has 0 fully saturated rings. The van der Waals surface area contributed by atoms with Crippen molar-refractivity contribution < 1.29 is 0 Å². The number of halogens is 1. The van der Waals surface area contributed by atoms with Crippen LogP contribution in [0.1, 0.15) is 0 Å². The van der Waals surface area contributed by atoms with Gasteiger partial charge in [-0.25, -0.2) is 19.9 Å². The second-order valence-electron chi connectivity index (χ2n) is 10.8. The molecule has 9 rings (SSSR count). The largest absolute Gasteiger partial charge is 0.344 e. The highest BCUT2D eigenvalue weighted by Gasteiger charge is 2.25. The average Bonchev–Trinajstić information content (AvgIpc) is 3.75. The summed E-state index contributed by atoms with van der Waals surface area (Å²) in [6, 6.07) is 37.2. The van der Waals surface area contributed by atoms with Gasteiger partial charge in [0.1, 0.15) is 15.3 Å². The number of rotatable bonds is 4. The van der Waals surface area contributed by atoms with E-state index in [-0.39, 0.29) is 0 Å². The Morgan fingerprint density at radius 3 is 2.36 bits per heavy atom. The molecule has 212 valence electrons. The minimum Gasteiger partial charge on any atom is -0.344 e. The van der Waals surface area contributed by atoms with Gasteiger partial charge in [-0.05, 0) is 63.8 Å². The molecular weight excluding hydrogens is 640 g/mol. The summed E-state index contributed by atoms with van der Waals surface area (Å²) in [4.78, 5) is 28.3. The van der Waals surface area contributed by atoms with Crippen LogP contribution in [0.3, 0.4) is 0 Å². The molecule has 45 heavy (non-hydrogen) atoms. The van der Waals surface area contributed by atoms with E-state index >= 15 is 0 Å². The number of fused-ring (bicyclic) bond motifs is 4. The van der Waals surface area contributed by atoms with Crippen molar-refractivity contribution in [3.8, 4) is 44.3 Å². The number of aromatic nitrogens is 6. The van der Waals surface area contributed by atoms with Gasteiger partial charge in [0.05, 0.1) is 44.5 Å². The van der Waals surface area contributed by atoms with Crippen molar-refractivity contribution in [1.29, 1.82) is 0 Å². The molecule has 0 amide bonds. The molecule has 4 aromatic carbocycles. The second-order valence-corrected chi connectivity index (χ2v) is 12.5. The van der Waals surface area contributed by atoms with E-state index in [1.165, 1.54) is 0 Å². The number of pyridine rings is 3. The summed E-state index contributed by atoms with van der Waals surface area (Å²) < 4.78 is 1.83. The molecule has 0 atom stereocenters. The number of hydrogen-bond donors (Lipinski definition) is 1. The van der Waals surface area contributed by atoms with E-state index in [0.717, 1.165) is 91.9 Å². The van der Waals surface area contributed by atoms with E-state index in [2.05, 4.69) is 86.6 Å². The quantitative estimate of drug-likeness (QED) is 0.190. The van der Waals surface area contributed by atoms with Crippen LogP contribution in [0.25, 0.3) is 87.3 Å². The van der Waals surface area contributed by atoms with Crippen molar-refractivity contribution in [2.24, 2.45) is 0 Å². The van der Waals surface area contributed by atoms with Crippen LogP contribution in [0, 0.1) is 0 Å². The summed E-state index contributed by atoms with van der Waals surface area (Å²) in [6.07, 6.45) is 3.58. The van der Waals surface area contributed by atoms with Crippen molar-refractivity contribution in [1.82, 2.24) is 29.9 Å². The van der Waals surface area contributed by atoms with Crippen LogP contribution in [0.5, 0.6) is 0 Å². The molecule has 5 aromatic heterocycles. The first-order valence-electron chi connectivity index (χ1n) is 14.4. The van der Waals surface area contributed by atoms with E-state index in [4.69, 9.17) is 19.9 Å². The van der Waals surface area contributed by atoms with Crippen LogP contribution in [0.15, 0.2) is 126 Å². The van der Waals surface area contributed by atoms with Crippen molar-refractivity contribution in [2.45, 2.75) is 0 Å². The van der Waals surface area contributed by atoms with Gasteiger partial charge in [0.15, 0.2) is 0 Å². The van der Waals surface area contributed by atoms with Gasteiger partial charge >= 0.3 is 0 Å². The summed E-state index contributed by atoms with van der Waals surface area (Å²) >= 11 is 5.33. The number of nitrogens with one attached hydrogen (secondary N) is 1. The number of hydrogen-bond acceptors (Lipinski definition) is 6. The van der Waals surface area contributed by atoms with Crippen LogP contribution in [0.2, 0.25) is 0 Å². The third-order valence-corrected chi connectivity index (χ3v) is 9.75. The fraction of sp³-hybridized carbons (Fsp3) is 0. The molecule has 0 aliphatic heterocycles. The first-order chi connectivity index (χ1) is 22.2. The molecule has 8 heteroatoms. The van der Waals surface area contributed by atoms with E-state index < -0.39 is 0 Å². The summed E-state index contributed by atoms with van der Waals surface area (Å²) in [5, 5.41) is 4.09. The lowest BCUT2D eigenvalue weighted by molar-refractivity contribution is 1.29. The van der Waals surface area contributed by atoms with Crippen LogP contribution < -0.4 is 0 Å². The Labute approximate surface area is 269 Å². The molecule has 0 bridgehead atoms. The standard InChI is InChI=1S/C37H21BrN6S/c38-36-23-10-3-1-9-22(23)18-30(43-36)37-44-35-31(45-37)19-25(27-13-5-6-17-39-27)32(24-11-7-14-29-34(24)41-20-40-29)33(35)28-16-15-21-8-2-4-12-26(21)42-28/h1-20H,(H,40,41). The maximum atomic E-state index is 5.32. The highest BCUT2D eigenvalue weighted by molar-refractivity contribution is 9.10. The summed E-state index contributed by atoms with van der Waals surface area (Å²) in [5.74, 6) is 0. The Morgan fingerprint density at radius 1 is 0.600 bits per heavy atom. The molecule has 9 aromatic rings. The Balaban J connectivity index is 1.42. The first kappa shape index (κ1) is 26.1. The normalized spacial score (nSPS) is 11.7. The molecule has 0 radical (unpaired) electrons. The monoisotopic (exact) mass is 660 g/mol. The fourth-order valence-electron chi connectivity index (χ4n) is 6.07. The van der Waals surface area contributed by atoms with E-state index in [1.807, 2.05) is 54.7 Å². The van der Waals surface area contributed by atoms with E-state index in [1.54, 1.807) is 17.7 Å². The number of imidazole rings is 1. The zero-order valence-corrected chi connectivity index (χ0v) is 26.0. The number of H-pyrrole nitrogens is 1. The molecular formula is C37H21BrN6S. The maximum absolute atomic E-state index is 5.32. The molecule has 0 saturated carbocycles. The summed E-state index contributed by atoms with van der Waals surface area (Å²) in [6.45, 7) is 0. The van der Waals surface area contributed by atoms with E-state index in [0.29, 0.717) is 0 Å². The summed E-state index contributed by atoms with van der Waals surface area (Å²) in [7, 11) is 0. The zero-order valence-electron chi connectivity index (χ0n) is 23.6. The Morgan fingerprint density at radius 2 is 1.44 bits per heavy atom. The van der Waals surface area contributed by atoms with Crippen molar-refractivity contribution in [3.05, 3.63) is 126 Å². The van der Waals surface area contributed by atoms with Crippen molar-refractivity contribution in [2.75, 3.05) is 0 Å². The first-order valence-corrected chi connectivity index (χ1v) is 16.1. The highest BCUT2D eigenvalue weighted by Crippen LogP contribution is 2.47. The van der Waals surface area contributed by atoms with Gasteiger partial charge in [0.25, 0.3) is 0 Å². The Hall–Kier alpha value is -5.31. The zero-order chi connectivity index (χ0) is 29.9. The lowest BCUT2D eigenvalue weighted by Gasteiger charge is -2.17. The number of para-hydroxylation sites is 2. The molecule has 0 unspecified atom stereocenters. The molecule has 1 N–H and O–H groups in total. The molecule has 0 aliphatic rings. The molecule has 0 aliphatic carbocycles. The number of nitrogens with zero attached hydrogens (tertiary/aromatic N) is 5. The second kappa shape index (κ2) is 10.4. The Kier molecular flexibility index (Phi) is 6.04. The minimum absolute atomic E-state index is 0.798. The van der Waals surface area contributed by atoms with E-state index in [9.17, 15) is 0 Å². The molecule has 0 spiro atoms. The van der Waals surface area contributed by atoms with Crippen LogP contribution in [-0.4, -0.2) is 29.9 Å². The van der Waals surface area contributed by atoms with Crippen LogP contribution >= 0.6 is 27.3 Å². The molecule has 6 nitrogen and oxygen atoms in total. The smallest absolute Gasteiger partial charge is 0.143 e. The third kappa shape index (κ3) is 4.33. The third-order valence-electron chi connectivity index (χ3n) is 8.12. The minimum atomic E-state index is 0.798. The fourth-order valence-corrected chi connectivity index (χ4v) is 7.60. The van der Waals surface area contributed by atoms with Crippen molar-refractivity contribution in [3.63, 3.8) is 0 Å². The molecule has 5 heterocycles. The lowest BCUT2D eigenvalue weighted by atomic mass is 9.89. The van der Waals surface area contributed by atoms with Gasteiger partial charge in [-0.2, -0.15) is 0 Å². The van der Waals surface area contributed by atoms with Gasteiger partial charge in [-0.1, -0.05) is 66.7 Å². The predicted octanol–water partition coefficient (Wildman–Crippen LogP) is 10.1. The Bertz CT molecular complexity index is 2570. The number of benzene rings is 4. The van der Waals surface area contributed by atoms with Gasteiger partial charge < -0.3 is 4.98 Å².